The molecular weight excluding hydrogens is 232 g/mol. The predicted molar refractivity (Wildman–Crippen MR) is 66.3 cm³/mol. The molecule has 2 rings (SSSR count). The van der Waals surface area contributed by atoms with Crippen LogP contribution in [0.1, 0.15) is 52.8 Å². The van der Waals surface area contributed by atoms with Crippen LogP contribution in [0.2, 0.25) is 0 Å². The second kappa shape index (κ2) is 4.31. The molecule has 5 nitrogen and oxygen atoms in total. The molecule has 1 N–H and O–H groups in total. The van der Waals surface area contributed by atoms with Gasteiger partial charge in [-0.05, 0) is 13.8 Å². The summed E-state index contributed by atoms with van der Waals surface area (Å²) >= 11 is 0. The minimum atomic E-state index is -0.902. The summed E-state index contributed by atoms with van der Waals surface area (Å²) in [5.74, 6) is 1.15. The normalized spacial score (nSPS) is 33.0. The van der Waals surface area contributed by atoms with Crippen LogP contribution >= 0.6 is 0 Å². The van der Waals surface area contributed by atoms with Gasteiger partial charge in [0.1, 0.15) is 5.60 Å². The standard InChI is InChI=1S/C13H22N2O3/c1-8-6-13(16,9(2)17-8)7-10-14-11(15-18-10)12(3,4)5/h8-9,16H,6-7H2,1-5H3/t8-,9+,13-/m1/s1. The van der Waals surface area contributed by atoms with Gasteiger partial charge >= 0.3 is 0 Å². The smallest absolute Gasteiger partial charge is 0.229 e. The molecule has 0 unspecified atom stereocenters. The van der Waals surface area contributed by atoms with Crippen molar-refractivity contribution in [3.63, 3.8) is 0 Å². The highest BCUT2D eigenvalue weighted by Crippen LogP contribution is 2.33. The number of rotatable bonds is 2. The van der Waals surface area contributed by atoms with Crippen LogP contribution in [0.5, 0.6) is 0 Å². The van der Waals surface area contributed by atoms with E-state index in [1.54, 1.807) is 0 Å². The number of hydrogen-bond donors (Lipinski definition) is 1. The summed E-state index contributed by atoms with van der Waals surface area (Å²) in [4.78, 5) is 4.36. The van der Waals surface area contributed by atoms with Crippen molar-refractivity contribution in [3.05, 3.63) is 11.7 Å². The van der Waals surface area contributed by atoms with Gasteiger partial charge in [-0.25, -0.2) is 0 Å². The fraction of sp³-hybridized carbons (Fsp3) is 0.846. The molecule has 5 heteroatoms. The average Bonchev–Trinajstić information content (AvgIpc) is 2.72. The molecule has 1 aliphatic rings. The first-order valence-electron chi connectivity index (χ1n) is 6.41. The first-order chi connectivity index (χ1) is 8.21. The van der Waals surface area contributed by atoms with E-state index in [0.29, 0.717) is 24.6 Å². The van der Waals surface area contributed by atoms with Gasteiger partial charge in [-0.15, -0.1) is 0 Å². The second-order valence-electron chi connectivity index (χ2n) is 6.34. The van der Waals surface area contributed by atoms with E-state index in [-0.39, 0.29) is 17.6 Å². The summed E-state index contributed by atoms with van der Waals surface area (Å²) in [5.41, 5.74) is -1.05. The lowest BCUT2D eigenvalue weighted by molar-refractivity contribution is -0.0385. The number of aromatic nitrogens is 2. The third-order valence-electron chi connectivity index (χ3n) is 3.43. The molecule has 102 valence electrons. The summed E-state index contributed by atoms with van der Waals surface area (Å²) in [6.07, 6.45) is 0.802. The van der Waals surface area contributed by atoms with Crippen LogP contribution < -0.4 is 0 Å². The van der Waals surface area contributed by atoms with Crippen LogP contribution in [0, 0.1) is 0 Å². The third-order valence-corrected chi connectivity index (χ3v) is 3.43. The van der Waals surface area contributed by atoms with Gasteiger partial charge in [-0.2, -0.15) is 4.98 Å². The molecular formula is C13H22N2O3. The fourth-order valence-corrected chi connectivity index (χ4v) is 2.30. The van der Waals surface area contributed by atoms with Crippen molar-refractivity contribution in [1.82, 2.24) is 10.1 Å². The Morgan fingerprint density at radius 1 is 1.39 bits per heavy atom. The van der Waals surface area contributed by atoms with E-state index in [4.69, 9.17) is 9.26 Å². The highest BCUT2D eigenvalue weighted by atomic mass is 16.5. The van der Waals surface area contributed by atoms with E-state index in [1.807, 2.05) is 34.6 Å². The van der Waals surface area contributed by atoms with Gasteiger partial charge in [-0.1, -0.05) is 25.9 Å². The molecule has 3 atom stereocenters. The summed E-state index contributed by atoms with van der Waals surface area (Å²) in [6.45, 7) is 9.92. The largest absolute Gasteiger partial charge is 0.387 e. The van der Waals surface area contributed by atoms with Gasteiger partial charge in [0, 0.05) is 11.8 Å². The summed E-state index contributed by atoms with van der Waals surface area (Å²) in [5, 5.41) is 14.5. The van der Waals surface area contributed by atoms with Gasteiger partial charge in [0.25, 0.3) is 0 Å². The Morgan fingerprint density at radius 3 is 2.50 bits per heavy atom. The predicted octanol–water partition coefficient (Wildman–Crippen LogP) is 1.84. The third kappa shape index (κ3) is 2.57. The average molecular weight is 254 g/mol. The lowest BCUT2D eigenvalue weighted by Crippen LogP contribution is -2.38. The molecule has 0 radical (unpaired) electrons. The molecule has 2 heterocycles. The molecule has 1 fully saturated rings. The number of ether oxygens (including phenoxy) is 1. The molecule has 18 heavy (non-hydrogen) atoms. The van der Waals surface area contributed by atoms with Crippen LogP contribution in [0.3, 0.4) is 0 Å². The van der Waals surface area contributed by atoms with E-state index in [2.05, 4.69) is 10.1 Å². The zero-order valence-electron chi connectivity index (χ0n) is 11.7. The van der Waals surface area contributed by atoms with Crippen LogP contribution in [0.4, 0.5) is 0 Å². The molecule has 1 saturated heterocycles. The van der Waals surface area contributed by atoms with E-state index in [0.717, 1.165) is 0 Å². The van der Waals surface area contributed by atoms with Crippen LogP contribution in [0.15, 0.2) is 4.52 Å². The molecule has 1 aromatic rings. The van der Waals surface area contributed by atoms with Gasteiger partial charge in [0.2, 0.25) is 5.89 Å². The van der Waals surface area contributed by atoms with Gasteiger partial charge in [0.15, 0.2) is 5.82 Å². The van der Waals surface area contributed by atoms with Gasteiger partial charge in [-0.3, -0.25) is 0 Å². The first-order valence-corrected chi connectivity index (χ1v) is 6.41. The van der Waals surface area contributed by atoms with Gasteiger partial charge in [0.05, 0.1) is 18.6 Å². The van der Waals surface area contributed by atoms with E-state index >= 15 is 0 Å². The minimum absolute atomic E-state index is 0.0648. The zero-order chi connectivity index (χ0) is 13.6. The minimum Gasteiger partial charge on any atom is -0.387 e. The van der Waals surface area contributed by atoms with E-state index in [1.165, 1.54) is 0 Å². The Hall–Kier alpha value is -0.940. The van der Waals surface area contributed by atoms with Crippen molar-refractivity contribution >= 4 is 0 Å². The maximum Gasteiger partial charge on any atom is 0.229 e. The first kappa shape index (κ1) is 13.5. The molecule has 1 aromatic heterocycles. The second-order valence-corrected chi connectivity index (χ2v) is 6.34. The monoisotopic (exact) mass is 254 g/mol. The Kier molecular flexibility index (Phi) is 3.23. The maximum absolute atomic E-state index is 10.5. The van der Waals surface area contributed by atoms with Crippen molar-refractivity contribution in [3.8, 4) is 0 Å². The Morgan fingerprint density at radius 2 is 2.06 bits per heavy atom. The van der Waals surface area contributed by atoms with E-state index in [9.17, 15) is 5.11 Å². The van der Waals surface area contributed by atoms with Crippen LogP contribution in [-0.4, -0.2) is 33.1 Å². The molecule has 0 spiro atoms. The molecule has 0 bridgehead atoms. The SMILES string of the molecule is C[C@@H]1C[C@@](O)(Cc2nc(C(C)(C)C)no2)[C@H](C)O1. The number of nitrogens with zero attached hydrogens (tertiary/aromatic N) is 2. The van der Waals surface area contributed by atoms with Crippen molar-refractivity contribution < 1.29 is 14.4 Å². The fourth-order valence-electron chi connectivity index (χ4n) is 2.30. The summed E-state index contributed by atoms with van der Waals surface area (Å²) < 4.78 is 10.8. The molecule has 1 aliphatic heterocycles. The molecule has 0 aliphatic carbocycles. The van der Waals surface area contributed by atoms with Crippen LogP contribution in [-0.2, 0) is 16.6 Å². The Labute approximate surface area is 108 Å². The van der Waals surface area contributed by atoms with Crippen molar-refractivity contribution in [1.29, 1.82) is 0 Å². The van der Waals surface area contributed by atoms with Crippen molar-refractivity contribution in [2.24, 2.45) is 0 Å². The zero-order valence-corrected chi connectivity index (χ0v) is 11.7. The molecule has 0 amide bonds. The molecule has 0 aromatic carbocycles. The lowest BCUT2D eigenvalue weighted by Gasteiger charge is -2.23. The Bertz CT molecular complexity index is 424. The van der Waals surface area contributed by atoms with E-state index < -0.39 is 5.60 Å². The topological polar surface area (TPSA) is 68.4 Å². The quantitative estimate of drug-likeness (QED) is 0.872. The summed E-state index contributed by atoms with van der Waals surface area (Å²) in [7, 11) is 0. The number of aliphatic hydroxyl groups is 1. The van der Waals surface area contributed by atoms with Crippen LogP contribution in [0.25, 0.3) is 0 Å². The lowest BCUT2D eigenvalue weighted by atomic mass is 9.91. The number of hydrogen-bond acceptors (Lipinski definition) is 5. The van der Waals surface area contributed by atoms with Gasteiger partial charge < -0.3 is 14.4 Å². The Balaban J connectivity index is 2.12. The molecule has 0 saturated carbocycles. The maximum atomic E-state index is 10.5. The van der Waals surface area contributed by atoms with Crippen molar-refractivity contribution in [2.75, 3.05) is 0 Å². The highest BCUT2D eigenvalue weighted by Gasteiger charge is 2.44. The highest BCUT2D eigenvalue weighted by molar-refractivity contribution is 5.04. The van der Waals surface area contributed by atoms with Crippen molar-refractivity contribution in [2.45, 2.75) is 70.7 Å². The summed E-state index contributed by atoms with van der Waals surface area (Å²) in [6, 6.07) is 0.